The molecule has 0 aromatic heterocycles. The van der Waals surface area contributed by atoms with Crippen LogP contribution in [0, 0.1) is 23.3 Å². The van der Waals surface area contributed by atoms with E-state index in [0.717, 1.165) is 43.5 Å². The van der Waals surface area contributed by atoms with Gasteiger partial charge in [0, 0.05) is 24.3 Å². The Balaban J connectivity index is 1.55. The molecule has 0 saturated heterocycles. The number of phenolic OH excluding ortho intramolecular Hbond substituents is 2. The first-order valence-corrected chi connectivity index (χ1v) is 8.50. The normalized spacial score (nSPS) is 10.8. The molecule has 4 nitrogen and oxygen atoms in total. The minimum atomic E-state index is -1.30. The first kappa shape index (κ1) is 20.7. The van der Waals surface area contributed by atoms with Crippen molar-refractivity contribution in [2.45, 2.75) is 32.1 Å². The van der Waals surface area contributed by atoms with Gasteiger partial charge in [0.1, 0.15) is 11.5 Å². The Morgan fingerprint density at radius 3 is 1.33 bits per heavy atom. The summed E-state index contributed by atoms with van der Waals surface area (Å²) < 4.78 is 62.6. The van der Waals surface area contributed by atoms with Crippen LogP contribution in [0.25, 0.3) is 0 Å². The quantitative estimate of drug-likeness (QED) is 0.441. The minimum absolute atomic E-state index is 0.0644. The van der Waals surface area contributed by atoms with Crippen LogP contribution >= 0.6 is 0 Å². The molecule has 0 aliphatic carbocycles. The van der Waals surface area contributed by atoms with Crippen LogP contribution in [0.4, 0.5) is 17.6 Å². The largest absolute Gasteiger partial charge is 0.505 e. The molecule has 8 heteroatoms. The van der Waals surface area contributed by atoms with Gasteiger partial charge in [0.15, 0.2) is 23.1 Å². The topological polar surface area (TPSA) is 58.9 Å². The fourth-order valence-electron chi connectivity index (χ4n) is 2.38. The van der Waals surface area contributed by atoms with Crippen molar-refractivity contribution in [2.75, 3.05) is 13.2 Å². The second-order valence-corrected chi connectivity index (χ2v) is 5.94. The highest BCUT2D eigenvalue weighted by Crippen LogP contribution is 2.26. The summed E-state index contributed by atoms with van der Waals surface area (Å²) in [6, 6.07) is 3.79. The van der Waals surface area contributed by atoms with Crippen LogP contribution in [0.1, 0.15) is 32.1 Å². The number of aromatic hydroxyl groups is 2. The van der Waals surface area contributed by atoms with Gasteiger partial charge in [-0.25, -0.2) is 8.78 Å². The van der Waals surface area contributed by atoms with Gasteiger partial charge in [-0.3, -0.25) is 0 Å². The van der Waals surface area contributed by atoms with Crippen LogP contribution in [0.5, 0.6) is 23.0 Å². The molecular weight excluding hydrogens is 368 g/mol. The summed E-state index contributed by atoms with van der Waals surface area (Å²) in [5.41, 5.74) is 0. The van der Waals surface area contributed by atoms with Gasteiger partial charge in [0.25, 0.3) is 0 Å². The SMILES string of the molecule is Oc1cc(OCCCCCCCOc2cc(O)c(F)c(F)c2)cc(F)c1F. The molecule has 148 valence electrons. The average Bonchev–Trinajstić information content (AvgIpc) is 2.62. The fraction of sp³-hybridized carbons (Fsp3) is 0.368. The number of halogens is 4. The highest BCUT2D eigenvalue weighted by molar-refractivity contribution is 5.35. The number of benzene rings is 2. The van der Waals surface area contributed by atoms with Crippen molar-refractivity contribution in [3.05, 3.63) is 47.5 Å². The van der Waals surface area contributed by atoms with E-state index in [1.807, 2.05) is 0 Å². The summed E-state index contributed by atoms with van der Waals surface area (Å²) in [6.07, 6.45) is 3.93. The molecule has 2 aromatic rings. The van der Waals surface area contributed by atoms with E-state index < -0.39 is 34.8 Å². The number of unbranched alkanes of at least 4 members (excludes halogenated alkanes) is 4. The number of hydrogen-bond donors (Lipinski definition) is 2. The maximum atomic E-state index is 13.1. The van der Waals surface area contributed by atoms with Crippen LogP contribution in [0.2, 0.25) is 0 Å². The lowest BCUT2D eigenvalue weighted by atomic mass is 10.1. The zero-order chi connectivity index (χ0) is 19.8. The van der Waals surface area contributed by atoms with E-state index in [4.69, 9.17) is 9.47 Å². The molecule has 0 aliphatic rings. The Kier molecular flexibility index (Phi) is 7.57. The van der Waals surface area contributed by atoms with Gasteiger partial charge in [-0.2, -0.15) is 8.78 Å². The van der Waals surface area contributed by atoms with Crippen molar-refractivity contribution < 1.29 is 37.2 Å². The fourth-order valence-corrected chi connectivity index (χ4v) is 2.38. The molecule has 0 fully saturated rings. The standard InChI is InChI=1S/C19H20F4O4/c20-14-8-12(10-16(24)18(14)22)26-6-4-2-1-3-5-7-27-13-9-15(21)19(23)17(25)11-13/h8-11,24-25H,1-7H2. The molecule has 0 amide bonds. The molecule has 0 heterocycles. The predicted octanol–water partition coefficient (Wildman–Crippen LogP) is 5.06. The molecule has 0 unspecified atom stereocenters. The number of phenols is 2. The maximum Gasteiger partial charge on any atom is 0.200 e. The minimum Gasteiger partial charge on any atom is -0.505 e. The van der Waals surface area contributed by atoms with Gasteiger partial charge in [-0.1, -0.05) is 19.3 Å². The summed E-state index contributed by atoms with van der Waals surface area (Å²) in [4.78, 5) is 0. The van der Waals surface area contributed by atoms with Crippen molar-refractivity contribution >= 4 is 0 Å². The summed E-state index contributed by atoms with van der Waals surface area (Å²) in [7, 11) is 0. The van der Waals surface area contributed by atoms with Crippen LogP contribution in [0.15, 0.2) is 24.3 Å². The summed E-state index contributed by atoms with van der Waals surface area (Å²) in [5.74, 6) is -6.40. The third-order valence-electron chi connectivity index (χ3n) is 3.79. The molecule has 2 N–H and O–H groups in total. The second-order valence-electron chi connectivity index (χ2n) is 5.94. The molecule has 0 aliphatic heterocycles. The van der Waals surface area contributed by atoms with Crippen LogP contribution in [-0.4, -0.2) is 23.4 Å². The van der Waals surface area contributed by atoms with Crippen LogP contribution in [0.3, 0.4) is 0 Å². The Hall–Kier alpha value is -2.64. The van der Waals surface area contributed by atoms with Gasteiger partial charge in [0.2, 0.25) is 11.6 Å². The monoisotopic (exact) mass is 388 g/mol. The predicted molar refractivity (Wildman–Crippen MR) is 90.1 cm³/mol. The van der Waals surface area contributed by atoms with E-state index in [1.165, 1.54) is 0 Å². The van der Waals surface area contributed by atoms with Crippen molar-refractivity contribution in [3.63, 3.8) is 0 Å². The second kappa shape index (κ2) is 9.89. The Labute approximate surface area is 154 Å². The average molecular weight is 388 g/mol. The first-order chi connectivity index (χ1) is 12.9. The molecule has 0 atom stereocenters. The smallest absolute Gasteiger partial charge is 0.200 e. The Bertz CT molecular complexity index is 658. The van der Waals surface area contributed by atoms with E-state index in [-0.39, 0.29) is 11.5 Å². The molecule has 0 spiro atoms. The summed E-state index contributed by atoms with van der Waals surface area (Å²) >= 11 is 0. The number of hydrogen-bond acceptors (Lipinski definition) is 4. The molecular formula is C19H20F4O4. The van der Waals surface area contributed by atoms with E-state index in [2.05, 4.69) is 0 Å². The number of rotatable bonds is 10. The van der Waals surface area contributed by atoms with Gasteiger partial charge in [-0.05, 0) is 12.8 Å². The lowest BCUT2D eigenvalue weighted by Gasteiger charge is -2.08. The van der Waals surface area contributed by atoms with Gasteiger partial charge >= 0.3 is 0 Å². The Morgan fingerprint density at radius 2 is 0.963 bits per heavy atom. The highest BCUT2D eigenvalue weighted by Gasteiger charge is 2.11. The Morgan fingerprint density at radius 1 is 0.593 bits per heavy atom. The lowest BCUT2D eigenvalue weighted by Crippen LogP contribution is -2.00. The summed E-state index contributed by atoms with van der Waals surface area (Å²) in [6.45, 7) is 0.601. The van der Waals surface area contributed by atoms with E-state index in [9.17, 15) is 27.8 Å². The van der Waals surface area contributed by atoms with Gasteiger partial charge in [0.05, 0.1) is 13.2 Å². The summed E-state index contributed by atoms with van der Waals surface area (Å²) in [5, 5.41) is 18.3. The van der Waals surface area contributed by atoms with Crippen LogP contribution in [-0.2, 0) is 0 Å². The van der Waals surface area contributed by atoms with E-state index in [1.54, 1.807) is 0 Å². The van der Waals surface area contributed by atoms with E-state index >= 15 is 0 Å². The molecule has 0 bridgehead atoms. The first-order valence-electron chi connectivity index (χ1n) is 8.50. The molecule has 27 heavy (non-hydrogen) atoms. The van der Waals surface area contributed by atoms with Crippen molar-refractivity contribution in [3.8, 4) is 23.0 Å². The lowest BCUT2D eigenvalue weighted by molar-refractivity contribution is 0.288. The molecule has 0 saturated carbocycles. The molecule has 2 rings (SSSR count). The van der Waals surface area contributed by atoms with Crippen molar-refractivity contribution in [1.29, 1.82) is 0 Å². The molecule has 0 radical (unpaired) electrons. The van der Waals surface area contributed by atoms with Gasteiger partial charge in [-0.15, -0.1) is 0 Å². The van der Waals surface area contributed by atoms with Crippen LogP contribution < -0.4 is 9.47 Å². The molecule has 2 aromatic carbocycles. The zero-order valence-corrected chi connectivity index (χ0v) is 14.5. The van der Waals surface area contributed by atoms with Gasteiger partial charge < -0.3 is 19.7 Å². The maximum absolute atomic E-state index is 13.1. The third kappa shape index (κ3) is 6.23. The third-order valence-corrected chi connectivity index (χ3v) is 3.79. The van der Waals surface area contributed by atoms with Crippen molar-refractivity contribution in [1.82, 2.24) is 0 Å². The van der Waals surface area contributed by atoms with E-state index in [0.29, 0.717) is 26.1 Å². The number of ether oxygens (including phenoxy) is 2. The zero-order valence-electron chi connectivity index (χ0n) is 14.5. The van der Waals surface area contributed by atoms with Crippen molar-refractivity contribution in [2.24, 2.45) is 0 Å². The highest BCUT2D eigenvalue weighted by atomic mass is 19.2.